The summed E-state index contributed by atoms with van der Waals surface area (Å²) in [5.74, 6) is -0.449. The highest BCUT2D eigenvalue weighted by Crippen LogP contribution is 2.42. The van der Waals surface area contributed by atoms with E-state index in [-0.39, 0.29) is 15.1 Å². The fraction of sp³-hybridized carbons (Fsp3) is 0.417. The Kier molecular flexibility index (Phi) is 5.38. The summed E-state index contributed by atoms with van der Waals surface area (Å²) in [7, 11) is 0. The van der Waals surface area contributed by atoms with Crippen molar-refractivity contribution in [3.05, 3.63) is 31.7 Å². The largest absolute Gasteiger partial charge is 0.369 e. The van der Waals surface area contributed by atoms with Crippen LogP contribution in [0.1, 0.15) is 31.9 Å². The first-order chi connectivity index (χ1) is 8.58. The van der Waals surface area contributed by atoms with Gasteiger partial charge in [-0.2, -0.15) is 0 Å². The van der Waals surface area contributed by atoms with Gasteiger partial charge in [0.15, 0.2) is 0 Å². The van der Waals surface area contributed by atoms with E-state index < -0.39 is 17.4 Å². The number of hydrogen-bond acceptors (Lipinski definition) is 2. The van der Waals surface area contributed by atoms with E-state index in [4.69, 9.17) is 57.9 Å². The van der Waals surface area contributed by atoms with Crippen molar-refractivity contribution in [1.29, 1.82) is 0 Å². The summed E-state index contributed by atoms with van der Waals surface area (Å²) in [5, 5.41) is 0.955. The van der Waals surface area contributed by atoms with Crippen LogP contribution in [0.2, 0.25) is 20.1 Å². The van der Waals surface area contributed by atoms with Gasteiger partial charge in [0, 0.05) is 22.0 Å². The minimum atomic E-state index is -0.780. The van der Waals surface area contributed by atoms with Crippen LogP contribution in [0.4, 0.5) is 0 Å². The Hall–Kier alpha value is -0.190. The molecule has 0 bridgehead atoms. The standard InChI is InChI=1S/C12H14Cl4N2O/c1-12(2,11(18)19)4-7(17)8-5(13)3-6(14)9(15)10(8)16/h3,7H,4,17H2,1-2H3,(H2,18,19). The maximum absolute atomic E-state index is 11.3. The van der Waals surface area contributed by atoms with Crippen LogP contribution in [-0.4, -0.2) is 5.91 Å². The normalized spacial score (nSPS) is 13.4. The fourth-order valence-electron chi connectivity index (χ4n) is 1.67. The highest BCUT2D eigenvalue weighted by Gasteiger charge is 2.30. The third kappa shape index (κ3) is 3.67. The molecular weight excluding hydrogens is 330 g/mol. The summed E-state index contributed by atoms with van der Waals surface area (Å²) in [6, 6.07) is 0.904. The number of carbonyl (C=O) groups is 1. The molecule has 1 aromatic carbocycles. The third-order valence-electron chi connectivity index (χ3n) is 2.92. The van der Waals surface area contributed by atoms with E-state index in [1.807, 2.05) is 0 Å². The number of benzene rings is 1. The van der Waals surface area contributed by atoms with Gasteiger partial charge in [0.2, 0.25) is 5.91 Å². The molecule has 0 radical (unpaired) electrons. The van der Waals surface area contributed by atoms with Crippen LogP contribution in [0.5, 0.6) is 0 Å². The molecular formula is C12H14Cl4N2O. The van der Waals surface area contributed by atoms with Crippen LogP contribution in [0, 0.1) is 5.41 Å². The second-order valence-electron chi connectivity index (χ2n) is 4.94. The lowest BCUT2D eigenvalue weighted by atomic mass is 9.83. The lowest BCUT2D eigenvalue weighted by Crippen LogP contribution is -2.34. The zero-order chi connectivity index (χ0) is 15.0. The molecule has 1 rings (SSSR count). The second kappa shape index (κ2) is 6.06. The Morgan fingerprint density at radius 3 is 2.21 bits per heavy atom. The molecule has 0 aliphatic rings. The van der Waals surface area contributed by atoms with Gasteiger partial charge in [0.05, 0.1) is 15.1 Å². The minimum absolute atomic E-state index is 0.190. The van der Waals surface area contributed by atoms with Crippen molar-refractivity contribution in [1.82, 2.24) is 0 Å². The molecule has 19 heavy (non-hydrogen) atoms. The van der Waals surface area contributed by atoms with E-state index in [2.05, 4.69) is 0 Å². The summed E-state index contributed by atoms with van der Waals surface area (Å²) in [5.41, 5.74) is 11.1. The SMILES string of the molecule is CC(C)(CC(N)c1c(Cl)cc(Cl)c(Cl)c1Cl)C(N)=O. The molecule has 106 valence electrons. The summed E-state index contributed by atoms with van der Waals surface area (Å²) in [4.78, 5) is 11.3. The zero-order valence-electron chi connectivity index (χ0n) is 10.4. The Morgan fingerprint density at radius 1 is 1.21 bits per heavy atom. The third-order valence-corrected chi connectivity index (χ3v) is 4.51. The number of halogens is 4. The Labute approximate surface area is 132 Å². The van der Waals surface area contributed by atoms with Gasteiger partial charge in [-0.05, 0) is 12.5 Å². The van der Waals surface area contributed by atoms with Crippen LogP contribution in [0.3, 0.4) is 0 Å². The molecule has 1 unspecified atom stereocenters. The molecule has 1 atom stereocenters. The lowest BCUT2D eigenvalue weighted by molar-refractivity contribution is -0.126. The van der Waals surface area contributed by atoms with Crippen molar-refractivity contribution in [2.75, 3.05) is 0 Å². The van der Waals surface area contributed by atoms with Crippen LogP contribution < -0.4 is 11.5 Å². The minimum Gasteiger partial charge on any atom is -0.369 e. The molecule has 0 saturated heterocycles. The van der Waals surface area contributed by atoms with Crippen LogP contribution in [0.15, 0.2) is 6.07 Å². The van der Waals surface area contributed by atoms with Gasteiger partial charge in [0.1, 0.15) is 0 Å². The average molecular weight is 344 g/mol. The van der Waals surface area contributed by atoms with Crippen LogP contribution in [-0.2, 0) is 4.79 Å². The predicted molar refractivity (Wildman–Crippen MR) is 81.0 cm³/mol. The molecule has 0 saturated carbocycles. The van der Waals surface area contributed by atoms with E-state index in [9.17, 15) is 4.79 Å². The highest BCUT2D eigenvalue weighted by atomic mass is 35.5. The molecule has 0 heterocycles. The van der Waals surface area contributed by atoms with Crippen molar-refractivity contribution in [2.45, 2.75) is 26.3 Å². The molecule has 1 amide bonds. The van der Waals surface area contributed by atoms with Gasteiger partial charge in [-0.25, -0.2) is 0 Å². The summed E-state index contributed by atoms with van der Waals surface area (Å²) >= 11 is 24.0. The van der Waals surface area contributed by atoms with E-state index in [1.54, 1.807) is 13.8 Å². The van der Waals surface area contributed by atoms with E-state index in [0.29, 0.717) is 17.0 Å². The summed E-state index contributed by atoms with van der Waals surface area (Å²) in [6.45, 7) is 3.41. The Morgan fingerprint density at radius 2 is 1.74 bits per heavy atom. The number of hydrogen-bond donors (Lipinski definition) is 2. The average Bonchev–Trinajstić information content (AvgIpc) is 2.25. The molecule has 0 aliphatic carbocycles. The van der Waals surface area contributed by atoms with Crippen LogP contribution >= 0.6 is 46.4 Å². The quantitative estimate of drug-likeness (QED) is 0.635. The van der Waals surface area contributed by atoms with Gasteiger partial charge in [-0.3, -0.25) is 4.79 Å². The first kappa shape index (κ1) is 16.9. The maximum Gasteiger partial charge on any atom is 0.223 e. The topological polar surface area (TPSA) is 69.1 Å². The highest BCUT2D eigenvalue weighted by molar-refractivity contribution is 6.49. The van der Waals surface area contributed by atoms with Crippen molar-refractivity contribution in [3.63, 3.8) is 0 Å². The number of primary amides is 1. The van der Waals surface area contributed by atoms with Gasteiger partial charge < -0.3 is 11.5 Å². The summed E-state index contributed by atoms with van der Waals surface area (Å²) in [6.07, 6.45) is 0.291. The number of carbonyl (C=O) groups excluding carboxylic acids is 1. The van der Waals surface area contributed by atoms with Gasteiger partial charge >= 0.3 is 0 Å². The lowest BCUT2D eigenvalue weighted by Gasteiger charge is -2.26. The summed E-state index contributed by atoms with van der Waals surface area (Å²) < 4.78 is 0. The fourth-order valence-corrected chi connectivity index (χ4v) is 2.87. The first-order valence-corrected chi connectivity index (χ1v) is 6.97. The van der Waals surface area contributed by atoms with E-state index in [1.165, 1.54) is 6.07 Å². The first-order valence-electron chi connectivity index (χ1n) is 5.46. The van der Waals surface area contributed by atoms with Crippen molar-refractivity contribution >= 4 is 52.3 Å². The molecule has 7 heteroatoms. The molecule has 4 N–H and O–H groups in total. The van der Waals surface area contributed by atoms with Gasteiger partial charge in [-0.15, -0.1) is 0 Å². The maximum atomic E-state index is 11.3. The molecule has 0 aromatic heterocycles. The molecule has 1 aromatic rings. The van der Waals surface area contributed by atoms with Crippen molar-refractivity contribution in [2.24, 2.45) is 16.9 Å². The Bertz CT molecular complexity index is 517. The van der Waals surface area contributed by atoms with Gasteiger partial charge in [0.25, 0.3) is 0 Å². The van der Waals surface area contributed by atoms with Crippen molar-refractivity contribution < 1.29 is 4.79 Å². The van der Waals surface area contributed by atoms with E-state index in [0.717, 1.165) is 0 Å². The second-order valence-corrected chi connectivity index (χ2v) is 6.51. The monoisotopic (exact) mass is 342 g/mol. The van der Waals surface area contributed by atoms with Gasteiger partial charge in [-0.1, -0.05) is 60.3 Å². The number of amides is 1. The number of nitrogens with two attached hydrogens (primary N) is 2. The molecule has 0 aliphatic heterocycles. The smallest absolute Gasteiger partial charge is 0.223 e. The Balaban J connectivity index is 3.18. The van der Waals surface area contributed by atoms with Crippen molar-refractivity contribution in [3.8, 4) is 0 Å². The molecule has 3 nitrogen and oxygen atoms in total. The zero-order valence-corrected chi connectivity index (χ0v) is 13.5. The molecule has 0 spiro atoms. The number of rotatable bonds is 4. The predicted octanol–water partition coefficient (Wildman–Crippen LogP) is 4.20. The van der Waals surface area contributed by atoms with E-state index >= 15 is 0 Å². The molecule has 0 fully saturated rings. The van der Waals surface area contributed by atoms with Crippen LogP contribution in [0.25, 0.3) is 0 Å².